The summed E-state index contributed by atoms with van der Waals surface area (Å²) >= 11 is 1.68. The standard InChI is InChI=1S/C20H20N6O2S/c27-9-8-26-13-23-17-11-14(1-2-15(17)20(26)28)24-4-6-25(7-5-24)19-18-16(3-10-29-18)21-12-22-19/h1-3,10-13,27H,4-9H2. The first kappa shape index (κ1) is 18.0. The maximum atomic E-state index is 12.5. The molecule has 0 spiro atoms. The van der Waals surface area contributed by atoms with E-state index in [2.05, 4.69) is 30.1 Å². The minimum Gasteiger partial charge on any atom is -0.395 e. The molecule has 0 aliphatic carbocycles. The van der Waals surface area contributed by atoms with Crippen molar-refractivity contribution in [2.24, 2.45) is 0 Å². The van der Waals surface area contributed by atoms with E-state index < -0.39 is 0 Å². The molecular weight excluding hydrogens is 388 g/mol. The van der Waals surface area contributed by atoms with Crippen molar-refractivity contribution in [3.8, 4) is 0 Å². The molecule has 0 bridgehead atoms. The molecule has 1 aromatic carbocycles. The van der Waals surface area contributed by atoms with Crippen molar-refractivity contribution in [2.45, 2.75) is 6.54 Å². The van der Waals surface area contributed by atoms with E-state index in [-0.39, 0.29) is 18.7 Å². The molecule has 1 aliphatic rings. The van der Waals surface area contributed by atoms with Crippen LogP contribution < -0.4 is 15.4 Å². The largest absolute Gasteiger partial charge is 0.395 e. The quantitative estimate of drug-likeness (QED) is 0.550. The Morgan fingerprint density at radius 3 is 2.66 bits per heavy atom. The third kappa shape index (κ3) is 3.22. The summed E-state index contributed by atoms with van der Waals surface area (Å²) in [7, 11) is 0. The molecule has 1 saturated heterocycles. The van der Waals surface area contributed by atoms with Crippen LogP contribution in [0.1, 0.15) is 0 Å². The second-order valence-corrected chi connectivity index (χ2v) is 7.89. The molecule has 0 amide bonds. The Morgan fingerprint density at radius 2 is 1.83 bits per heavy atom. The van der Waals surface area contributed by atoms with E-state index in [1.165, 1.54) is 10.9 Å². The van der Waals surface area contributed by atoms with Crippen molar-refractivity contribution in [3.63, 3.8) is 0 Å². The van der Waals surface area contributed by atoms with Gasteiger partial charge in [0.1, 0.15) is 12.1 Å². The number of rotatable bonds is 4. The number of anilines is 2. The Labute approximate surface area is 170 Å². The number of piperazine rings is 1. The molecule has 1 fully saturated rings. The number of aliphatic hydroxyl groups is 1. The minimum absolute atomic E-state index is 0.0838. The first-order chi connectivity index (χ1) is 14.2. The first-order valence-corrected chi connectivity index (χ1v) is 10.4. The van der Waals surface area contributed by atoms with E-state index in [4.69, 9.17) is 5.11 Å². The van der Waals surface area contributed by atoms with Crippen LogP contribution in [0.2, 0.25) is 0 Å². The molecule has 0 unspecified atom stereocenters. The molecule has 1 N–H and O–H groups in total. The van der Waals surface area contributed by atoms with Crippen molar-refractivity contribution >= 4 is 44.0 Å². The van der Waals surface area contributed by atoms with E-state index in [1.807, 2.05) is 24.3 Å². The molecule has 1 aliphatic heterocycles. The van der Waals surface area contributed by atoms with Crippen LogP contribution in [0.4, 0.5) is 11.5 Å². The van der Waals surface area contributed by atoms with E-state index in [0.717, 1.165) is 47.9 Å². The van der Waals surface area contributed by atoms with Gasteiger partial charge in [-0.2, -0.15) is 0 Å². The third-order valence-electron chi connectivity index (χ3n) is 5.32. The minimum atomic E-state index is -0.121. The zero-order valence-electron chi connectivity index (χ0n) is 15.7. The van der Waals surface area contributed by atoms with Gasteiger partial charge in [0, 0.05) is 31.9 Å². The van der Waals surface area contributed by atoms with Crippen molar-refractivity contribution in [1.29, 1.82) is 0 Å². The highest BCUT2D eigenvalue weighted by Crippen LogP contribution is 2.29. The summed E-state index contributed by atoms with van der Waals surface area (Å²) in [5.74, 6) is 1.01. The maximum Gasteiger partial charge on any atom is 0.261 e. The summed E-state index contributed by atoms with van der Waals surface area (Å²) in [6.45, 7) is 3.64. The predicted molar refractivity (Wildman–Crippen MR) is 115 cm³/mol. The Bertz CT molecular complexity index is 1230. The van der Waals surface area contributed by atoms with Crippen molar-refractivity contribution < 1.29 is 5.11 Å². The lowest BCUT2D eigenvalue weighted by Crippen LogP contribution is -2.46. The Hall–Kier alpha value is -3.04. The lowest BCUT2D eigenvalue weighted by Gasteiger charge is -2.36. The first-order valence-electron chi connectivity index (χ1n) is 9.53. The number of benzene rings is 1. The molecule has 29 heavy (non-hydrogen) atoms. The molecule has 4 aromatic rings. The highest BCUT2D eigenvalue weighted by Gasteiger charge is 2.21. The van der Waals surface area contributed by atoms with Gasteiger partial charge in [-0.05, 0) is 29.6 Å². The number of thiophene rings is 1. The van der Waals surface area contributed by atoms with Crippen LogP contribution >= 0.6 is 11.3 Å². The fourth-order valence-electron chi connectivity index (χ4n) is 3.79. The van der Waals surface area contributed by atoms with Gasteiger partial charge in [-0.15, -0.1) is 11.3 Å². The predicted octanol–water partition coefficient (Wildman–Crippen LogP) is 1.72. The zero-order valence-corrected chi connectivity index (χ0v) is 16.5. The fraction of sp³-hybridized carbons (Fsp3) is 0.300. The molecule has 5 rings (SSSR count). The van der Waals surface area contributed by atoms with Crippen molar-refractivity contribution in [3.05, 3.63) is 52.7 Å². The average Bonchev–Trinajstić information content (AvgIpc) is 3.25. The topological polar surface area (TPSA) is 87.4 Å². The van der Waals surface area contributed by atoms with Gasteiger partial charge in [-0.1, -0.05) is 0 Å². The van der Waals surface area contributed by atoms with E-state index >= 15 is 0 Å². The molecule has 0 atom stereocenters. The van der Waals surface area contributed by atoms with Crippen molar-refractivity contribution in [2.75, 3.05) is 42.6 Å². The lowest BCUT2D eigenvalue weighted by atomic mass is 10.2. The van der Waals surface area contributed by atoms with E-state index in [0.29, 0.717) is 10.9 Å². The summed E-state index contributed by atoms with van der Waals surface area (Å²) in [4.78, 5) is 30.3. The summed E-state index contributed by atoms with van der Waals surface area (Å²) in [5, 5.41) is 11.7. The Morgan fingerprint density at radius 1 is 1.00 bits per heavy atom. The summed E-state index contributed by atoms with van der Waals surface area (Å²) < 4.78 is 2.57. The van der Waals surface area contributed by atoms with Crippen LogP contribution in [0.3, 0.4) is 0 Å². The molecule has 148 valence electrons. The third-order valence-corrected chi connectivity index (χ3v) is 6.22. The van der Waals surface area contributed by atoms with E-state index in [1.54, 1.807) is 17.7 Å². The highest BCUT2D eigenvalue weighted by atomic mass is 32.1. The van der Waals surface area contributed by atoms with Gasteiger partial charge in [0.2, 0.25) is 0 Å². The number of nitrogens with zero attached hydrogens (tertiary/aromatic N) is 6. The monoisotopic (exact) mass is 408 g/mol. The van der Waals surface area contributed by atoms with E-state index in [9.17, 15) is 4.79 Å². The molecule has 0 radical (unpaired) electrons. The zero-order chi connectivity index (χ0) is 19.8. The van der Waals surface area contributed by atoms with Gasteiger partial charge in [-0.25, -0.2) is 15.0 Å². The van der Waals surface area contributed by atoms with Gasteiger partial charge in [0.25, 0.3) is 5.56 Å². The summed E-state index contributed by atoms with van der Waals surface area (Å²) in [5.41, 5.74) is 2.62. The van der Waals surface area contributed by atoms with Gasteiger partial charge in [-0.3, -0.25) is 9.36 Å². The second-order valence-electron chi connectivity index (χ2n) is 6.97. The van der Waals surface area contributed by atoms with Gasteiger partial charge >= 0.3 is 0 Å². The average molecular weight is 408 g/mol. The molecular formula is C20H20N6O2S. The molecule has 4 heterocycles. The number of aliphatic hydroxyl groups excluding tert-OH is 1. The number of aromatic nitrogens is 4. The lowest BCUT2D eigenvalue weighted by molar-refractivity contribution is 0.274. The molecule has 9 heteroatoms. The van der Waals surface area contributed by atoms with Gasteiger partial charge < -0.3 is 14.9 Å². The summed E-state index contributed by atoms with van der Waals surface area (Å²) in [6, 6.07) is 7.81. The molecule has 3 aromatic heterocycles. The Kier molecular flexibility index (Phi) is 4.61. The maximum absolute atomic E-state index is 12.5. The number of hydrogen-bond donors (Lipinski definition) is 1. The van der Waals surface area contributed by atoms with Gasteiger partial charge in [0.15, 0.2) is 0 Å². The fourth-order valence-corrected chi connectivity index (χ4v) is 4.65. The number of hydrogen-bond acceptors (Lipinski definition) is 8. The highest BCUT2D eigenvalue weighted by molar-refractivity contribution is 7.17. The Balaban J connectivity index is 1.36. The molecule has 8 nitrogen and oxygen atoms in total. The van der Waals surface area contributed by atoms with Crippen LogP contribution in [0.5, 0.6) is 0 Å². The SMILES string of the molecule is O=c1c2ccc(N3CCN(c4ncnc5ccsc45)CC3)cc2ncn1CCO. The van der Waals surface area contributed by atoms with Crippen molar-refractivity contribution in [1.82, 2.24) is 19.5 Å². The number of fused-ring (bicyclic) bond motifs is 2. The van der Waals surface area contributed by atoms with Crippen LogP contribution in [0.15, 0.2) is 47.1 Å². The second kappa shape index (κ2) is 7.41. The van der Waals surface area contributed by atoms with Crippen LogP contribution in [0.25, 0.3) is 21.1 Å². The van der Waals surface area contributed by atoms with Crippen LogP contribution in [-0.2, 0) is 6.54 Å². The van der Waals surface area contributed by atoms with Gasteiger partial charge in [0.05, 0.1) is 40.6 Å². The smallest absolute Gasteiger partial charge is 0.261 e. The summed E-state index contributed by atoms with van der Waals surface area (Å²) in [6.07, 6.45) is 3.14. The normalized spacial score (nSPS) is 14.8. The van der Waals surface area contributed by atoms with Crippen LogP contribution in [0, 0.1) is 0 Å². The van der Waals surface area contributed by atoms with Crippen LogP contribution in [-0.4, -0.2) is 57.4 Å². The molecule has 0 saturated carbocycles.